The molecule has 1 saturated carbocycles. The summed E-state index contributed by atoms with van der Waals surface area (Å²) in [6.07, 6.45) is 11.2. The number of nitrogens with one attached hydrogen (secondary N) is 1. The Morgan fingerprint density at radius 2 is 2.11 bits per heavy atom. The second kappa shape index (κ2) is 6.75. The van der Waals surface area contributed by atoms with E-state index in [2.05, 4.69) is 27.9 Å². The maximum Gasteiger partial charge on any atom is 0.202 e. The van der Waals surface area contributed by atoms with Crippen LogP contribution in [-0.4, -0.2) is 26.9 Å². The number of aromatic nitrogens is 2. The summed E-state index contributed by atoms with van der Waals surface area (Å²) in [5.41, 5.74) is 0. The fourth-order valence-electron chi connectivity index (χ4n) is 2.54. The van der Waals surface area contributed by atoms with Crippen LogP contribution in [0.2, 0.25) is 0 Å². The third kappa shape index (κ3) is 3.60. The van der Waals surface area contributed by atoms with Gasteiger partial charge >= 0.3 is 0 Å². The molecule has 0 atom stereocenters. The molecule has 0 spiro atoms. The molecule has 1 N–H and O–H groups in total. The molecule has 1 aromatic heterocycles. The first-order chi connectivity index (χ1) is 8.78. The molecule has 0 radical (unpaired) electrons. The van der Waals surface area contributed by atoms with E-state index >= 15 is 0 Å². The van der Waals surface area contributed by atoms with E-state index in [0.29, 0.717) is 4.75 Å². The zero-order valence-electron chi connectivity index (χ0n) is 11.4. The minimum absolute atomic E-state index is 0.425. The number of hydrogen-bond acceptors (Lipinski definition) is 5. The second-order valence-corrected chi connectivity index (χ2v) is 7.09. The highest BCUT2D eigenvalue weighted by molar-refractivity contribution is 8.00. The van der Waals surface area contributed by atoms with Crippen LogP contribution in [0.4, 0.5) is 5.13 Å². The first-order valence-electron chi connectivity index (χ1n) is 6.89. The molecular formula is C13H23N3S2. The highest BCUT2D eigenvalue weighted by Gasteiger charge is 2.31. The third-order valence-corrected chi connectivity index (χ3v) is 5.83. The number of hydrogen-bond donors (Lipinski definition) is 1. The van der Waals surface area contributed by atoms with Gasteiger partial charge in [0.05, 0.1) is 0 Å². The van der Waals surface area contributed by atoms with Crippen molar-refractivity contribution in [2.75, 3.05) is 18.1 Å². The van der Waals surface area contributed by atoms with Gasteiger partial charge in [0.15, 0.2) is 0 Å². The van der Waals surface area contributed by atoms with Crippen molar-refractivity contribution < 1.29 is 0 Å². The van der Waals surface area contributed by atoms with Gasteiger partial charge in [-0.25, -0.2) is 4.98 Å². The first kappa shape index (κ1) is 14.1. The van der Waals surface area contributed by atoms with E-state index < -0.39 is 0 Å². The Morgan fingerprint density at radius 3 is 2.78 bits per heavy atom. The van der Waals surface area contributed by atoms with E-state index in [0.717, 1.165) is 30.3 Å². The zero-order valence-corrected chi connectivity index (χ0v) is 13.0. The van der Waals surface area contributed by atoms with Crippen LogP contribution in [0.25, 0.3) is 0 Å². The normalized spacial score (nSPS) is 18.8. The third-order valence-electron chi connectivity index (χ3n) is 3.70. The smallest absolute Gasteiger partial charge is 0.202 e. The van der Waals surface area contributed by atoms with Crippen molar-refractivity contribution in [1.82, 2.24) is 9.36 Å². The van der Waals surface area contributed by atoms with Crippen LogP contribution in [0.1, 0.15) is 51.3 Å². The molecule has 1 aliphatic rings. The minimum Gasteiger partial charge on any atom is -0.359 e. The Balaban J connectivity index is 1.88. The summed E-state index contributed by atoms with van der Waals surface area (Å²) < 4.78 is 4.80. The quantitative estimate of drug-likeness (QED) is 0.858. The summed E-state index contributed by atoms with van der Waals surface area (Å²) >= 11 is 3.53. The lowest BCUT2D eigenvalue weighted by atomic mass is 9.88. The van der Waals surface area contributed by atoms with Crippen LogP contribution < -0.4 is 5.32 Å². The average Bonchev–Trinajstić information content (AvgIpc) is 2.86. The standard InChI is InChI=1S/C13H23N3S2/c1-3-7-11-15-12(18-16-11)14-10-13(17-2)8-5-4-6-9-13/h3-10H2,1-2H3,(H,14,15,16). The molecule has 102 valence electrons. The van der Waals surface area contributed by atoms with Gasteiger partial charge in [-0.1, -0.05) is 26.2 Å². The molecule has 0 amide bonds. The topological polar surface area (TPSA) is 37.8 Å². The predicted molar refractivity (Wildman–Crippen MR) is 81.7 cm³/mol. The van der Waals surface area contributed by atoms with Gasteiger partial charge in [-0.05, 0) is 25.5 Å². The van der Waals surface area contributed by atoms with Crippen molar-refractivity contribution in [1.29, 1.82) is 0 Å². The number of thioether (sulfide) groups is 1. The zero-order chi connectivity index (χ0) is 12.8. The largest absolute Gasteiger partial charge is 0.359 e. The Labute approximate surface area is 118 Å². The predicted octanol–water partition coefficient (Wildman–Crippen LogP) is 3.97. The summed E-state index contributed by atoms with van der Waals surface area (Å²) in [5.74, 6) is 0.992. The molecule has 18 heavy (non-hydrogen) atoms. The lowest BCUT2D eigenvalue weighted by Crippen LogP contribution is -2.35. The van der Waals surface area contributed by atoms with Crippen LogP contribution >= 0.6 is 23.3 Å². The van der Waals surface area contributed by atoms with E-state index in [9.17, 15) is 0 Å². The van der Waals surface area contributed by atoms with Gasteiger partial charge in [0.2, 0.25) is 5.13 Å². The van der Waals surface area contributed by atoms with E-state index in [1.807, 2.05) is 11.8 Å². The van der Waals surface area contributed by atoms with Crippen molar-refractivity contribution >= 4 is 28.4 Å². The number of aryl methyl sites for hydroxylation is 1. The summed E-state index contributed by atoms with van der Waals surface area (Å²) in [6.45, 7) is 3.20. The van der Waals surface area contributed by atoms with Crippen molar-refractivity contribution in [3.05, 3.63) is 5.82 Å². The highest BCUT2D eigenvalue weighted by atomic mass is 32.2. The summed E-state index contributed by atoms with van der Waals surface area (Å²) in [7, 11) is 0. The molecule has 1 heterocycles. The van der Waals surface area contributed by atoms with Gasteiger partial charge in [0.1, 0.15) is 5.82 Å². The van der Waals surface area contributed by atoms with Crippen LogP contribution in [-0.2, 0) is 6.42 Å². The molecular weight excluding hydrogens is 262 g/mol. The van der Waals surface area contributed by atoms with Gasteiger partial charge < -0.3 is 5.32 Å². The van der Waals surface area contributed by atoms with E-state index in [-0.39, 0.29) is 0 Å². The van der Waals surface area contributed by atoms with Gasteiger partial charge in [-0.3, -0.25) is 0 Å². The minimum atomic E-state index is 0.425. The Morgan fingerprint density at radius 1 is 1.33 bits per heavy atom. The van der Waals surface area contributed by atoms with Crippen molar-refractivity contribution in [3.8, 4) is 0 Å². The summed E-state index contributed by atoms with van der Waals surface area (Å²) in [5, 5.41) is 4.51. The van der Waals surface area contributed by atoms with Crippen molar-refractivity contribution in [3.63, 3.8) is 0 Å². The molecule has 0 saturated heterocycles. The second-order valence-electron chi connectivity index (χ2n) is 5.07. The fourth-order valence-corrected chi connectivity index (χ4v) is 4.06. The molecule has 2 rings (SSSR count). The van der Waals surface area contributed by atoms with Gasteiger partial charge in [-0.2, -0.15) is 16.1 Å². The molecule has 3 nitrogen and oxygen atoms in total. The number of anilines is 1. The van der Waals surface area contributed by atoms with Crippen LogP contribution in [0, 0.1) is 0 Å². The molecule has 1 aliphatic carbocycles. The molecule has 1 aromatic rings. The van der Waals surface area contributed by atoms with Crippen molar-refractivity contribution in [2.24, 2.45) is 0 Å². The van der Waals surface area contributed by atoms with Gasteiger partial charge in [-0.15, -0.1) is 0 Å². The molecule has 5 heteroatoms. The monoisotopic (exact) mass is 285 g/mol. The Bertz CT molecular complexity index is 359. The lowest BCUT2D eigenvalue weighted by Gasteiger charge is -2.35. The highest BCUT2D eigenvalue weighted by Crippen LogP contribution is 2.38. The first-order valence-corrected chi connectivity index (χ1v) is 8.89. The van der Waals surface area contributed by atoms with Gasteiger partial charge in [0.25, 0.3) is 0 Å². The molecule has 0 unspecified atom stereocenters. The summed E-state index contributed by atoms with van der Waals surface area (Å²) in [4.78, 5) is 4.54. The van der Waals surface area contributed by atoms with E-state index in [1.165, 1.54) is 43.6 Å². The lowest BCUT2D eigenvalue weighted by molar-refractivity contribution is 0.411. The fraction of sp³-hybridized carbons (Fsp3) is 0.846. The Kier molecular flexibility index (Phi) is 5.30. The van der Waals surface area contributed by atoms with Crippen LogP contribution in [0.3, 0.4) is 0 Å². The molecule has 0 aromatic carbocycles. The molecule has 0 bridgehead atoms. The van der Waals surface area contributed by atoms with E-state index in [1.54, 1.807) is 0 Å². The van der Waals surface area contributed by atoms with Crippen LogP contribution in [0.5, 0.6) is 0 Å². The van der Waals surface area contributed by atoms with Gasteiger partial charge in [0, 0.05) is 29.2 Å². The Hall–Kier alpha value is -0.290. The number of rotatable bonds is 6. The van der Waals surface area contributed by atoms with Crippen LogP contribution in [0.15, 0.2) is 0 Å². The van der Waals surface area contributed by atoms with Crippen molar-refractivity contribution in [2.45, 2.75) is 56.6 Å². The number of nitrogens with zero attached hydrogens (tertiary/aromatic N) is 2. The maximum absolute atomic E-state index is 4.54. The molecule has 0 aliphatic heterocycles. The average molecular weight is 285 g/mol. The SMILES string of the molecule is CCCc1nsc(NCC2(SC)CCCCC2)n1. The maximum atomic E-state index is 4.54. The molecule has 1 fully saturated rings. The summed E-state index contributed by atoms with van der Waals surface area (Å²) in [6, 6.07) is 0. The van der Waals surface area contributed by atoms with E-state index in [4.69, 9.17) is 0 Å².